The Balaban J connectivity index is 3.26. The highest BCUT2D eigenvalue weighted by Gasteiger charge is 2.05. The molecule has 116 valence electrons. The van der Waals surface area contributed by atoms with Gasteiger partial charge in [0.05, 0.1) is 6.10 Å². The molecule has 0 rings (SSSR count). The second-order valence-corrected chi connectivity index (χ2v) is 5.87. The molecule has 0 aromatic rings. The fourth-order valence-corrected chi connectivity index (χ4v) is 2.51. The first kappa shape index (κ1) is 19.0. The smallest absolute Gasteiger partial charge is 0.0572 e. The average Bonchev–Trinajstić information content (AvgIpc) is 2.44. The molecule has 0 aromatic heterocycles. The molecule has 0 saturated carbocycles. The lowest BCUT2D eigenvalue weighted by Crippen LogP contribution is -2.12. The molecule has 0 spiro atoms. The van der Waals surface area contributed by atoms with E-state index in [0.29, 0.717) is 6.10 Å². The van der Waals surface area contributed by atoms with Crippen molar-refractivity contribution in [2.75, 3.05) is 6.61 Å². The van der Waals surface area contributed by atoms with Gasteiger partial charge in [0.2, 0.25) is 0 Å². The van der Waals surface area contributed by atoms with Gasteiger partial charge in [0.15, 0.2) is 0 Å². The molecule has 0 N–H and O–H groups in total. The van der Waals surface area contributed by atoms with Gasteiger partial charge in [0.25, 0.3) is 0 Å². The van der Waals surface area contributed by atoms with E-state index in [-0.39, 0.29) is 0 Å². The first-order valence-electron chi connectivity index (χ1n) is 8.96. The average molecular weight is 271 g/mol. The van der Waals surface area contributed by atoms with Crippen molar-refractivity contribution in [2.45, 2.75) is 110 Å². The van der Waals surface area contributed by atoms with E-state index in [9.17, 15) is 0 Å². The van der Waals surface area contributed by atoms with Crippen LogP contribution in [0.3, 0.4) is 0 Å². The van der Waals surface area contributed by atoms with Gasteiger partial charge in [-0.3, -0.25) is 0 Å². The van der Waals surface area contributed by atoms with Crippen LogP contribution in [-0.4, -0.2) is 12.7 Å². The highest BCUT2D eigenvalue weighted by Crippen LogP contribution is 2.12. The van der Waals surface area contributed by atoms with Crippen LogP contribution >= 0.6 is 0 Å². The lowest BCUT2D eigenvalue weighted by atomic mass is 10.1. The monoisotopic (exact) mass is 270 g/mol. The summed E-state index contributed by atoms with van der Waals surface area (Å²) >= 11 is 0. The van der Waals surface area contributed by atoms with Gasteiger partial charge in [-0.2, -0.15) is 0 Å². The molecule has 1 atom stereocenters. The van der Waals surface area contributed by atoms with Crippen molar-refractivity contribution in [3.63, 3.8) is 0 Å². The van der Waals surface area contributed by atoms with Crippen LogP contribution in [0.1, 0.15) is 104 Å². The summed E-state index contributed by atoms with van der Waals surface area (Å²) in [6.07, 6.45) is 18.0. The summed E-state index contributed by atoms with van der Waals surface area (Å²) in [5.41, 5.74) is 0. The van der Waals surface area contributed by atoms with Crippen molar-refractivity contribution < 1.29 is 4.74 Å². The Morgan fingerprint density at radius 2 is 1.16 bits per heavy atom. The Labute approximate surface area is 122 Å². The molecule has 0 aliphatic heterocycles. The standard InChI is InChI=1S/C18H38O/c1-4-7-9-11-12-13-15-17-19-18(6-3)16-14-10-8-5-2/h18H,4-17H2,1-3H3/t18-/m1/s1. The fourth-order valence-electron chi connectivity index (χ4n) is 2.51. The summed E-state index contributed by atoms with van der Waals surface area (Å²) < 4.78 is 6.00. The van der Waals surface area contributed by atoms with E-state index in [1.807, 2.05) is 0 Å². The highest BCUT2D eigenvalue weighted by molar-refractivity contribution is 4.56. The quantitative estimate of drug-likeness (QED) is 0.308. The molecule has 0 aromatic carbocycles. The minimum absolute atomic E-state index is 0.525. The Kier molecular flexibility index (Phi) is 16.0. The zero-order chi connectivity index (χ0) is 14.2. The molecule has 0 fully saturated rings. The van der Waals surface area contributed by atoms with Gasteiger partial charge in [-0.25, -0.2) is 0 Å². The summed E-state index contributed by atoms with van der Waals surface area (Å²) in [5.74, 6) is 0. The summed E-state index contributed by atoms with van der Waals surface area (Å²) in [6, 6.07) is 0. The molecular formula is C18H38O. The van der Waals surface area contributed by atoms with Crippen molar-refractivity contribution in [1.82, 2.24) is 0 Å². The highest BCUT2D eigenvalue weighted by atomic mass is 16.5. The summed E-state index contributed by atoms with van der Waals surface area (Å²) in [7, 11) is 0. The molecule has 0 bridgehead atoms. The number of hydrogen-bond acceptors (Lipinski definition) is 1. The first-order chi connectivity index (χ1) is 9.35. The lowest BCUT2D eigenvalue weighted by molar-refractivity contribution is 0.0407. The van der Waals surface area contributed by atoms with E-state index in [0.717, 1.165) is 6.61 Å². The molecule has 0 radical (unpaired) electrons. The second kappa shape index (κ2) is 16.0. The molecular weight excluding hydrogens is 232 g/mol. The van der Waals surface area contributed by atoms with E-state index in [1.165, 1.54) is 83.5 Å². The van der Waals surface area contributed by atoms with Gasteiger partial charge < -0.3 is 4.74 Å². The van der Waals surface area contributed by atoms with Gasteiger partial charge in [-0.15, -0.1) is 0 Å². The maximum Gasteiger partial charge on any atom is 0.0572 e. The molecule has 0 aliphatic rings. The first-order valence-corrected chi connectivity index (χ1v) is 8.96. The number of unbranched alkanes of at least 4 members (excludes halogenated alkanes) is 9. The maximum atomic E-state index is 6.00. The molecule has 0 aliphatic carbocycles. The normalized spacial score (nSPS) is 12.8. The zero-order valence-corrected chi connectivity index (χ0v) is 13.9. The van der Waals surface area contributed by atoms with Crippen molar-refractivity contribution in [3.8, 4) is 0 Å². The molecule has 0 heterocycles. The van der Waals surface area contributed by atoms with Crippen molar-refractivity contribution in [2.24, 2.45) is 0 Å². The molecule has 0 amide bonds. The van der Waals surface area contributed by atoms with Crippen molar-refractivity contribution in [3.05, 3.63) is 0 Å². The van der Waals surface area contributed by atoms with Crippen LogP contribution < -0.4 is 0 Å². The van der Waals surface area contributed by atoms with E-state index >= 15 is 0 Å². The maximum absolute atomic E-state index is 6.00. The topological polar surface area (TPSA) is 9.23 Å². The Morgan fingerprint density at radius 1 is 0.632 bits per heavy atom. The van der Waals surface area contributed by atoms with E-state index in [4.69, 9.17) is 4.74 Å². The molecule has 19 heavy (non-hydrogen) atoms. The minimum atomic E-state index is 0.525. The predicted octanol–water partition coefficient (Wildman–Crippen LogP) is 6.50. The Bertz CT molecular complexity index is 156. The van der Waals surface area contributed by atoms with Crippen molar-refractivity contribution in [1.29, 1.82) is 0 Å². The van der Waals surface area contributed by atoms with Crippen LogP contribution in [0.15, 0.2) is 0 Å². The predicted molar refractivity (Wildman–Crippen MR) is 86.8 cm³/mol. The number of rotatable bonds is 15. The Morgan fingerprint density at radius 3 is 1.74 bits per heavy atom. The molecule has 0 saturated heterocycles. The van der Waals surface area contributed by atoms with Gasteiger partial charge >= 0.3 is 0 Å². The van der Waals surface area contributed by atoms with E-state index in [1.54, 1.807) is 0 Å². The summed E-state index contributed by atoms with van der Waals surface area (Å²) in [6.45, 7) is 7.79. The van der Waals surface area contributed by atoms with Crippen LogP contribution in [0.4, 0.5) is 0 Å². The molecule has 0 unspecified atom stereocenters. The van der Waals surface area contributed by atoms with Gasteiger partial charge in [-0.1, -0.05) is 85.0 Å². The number of hydrogen-bond donors (Lipinski definition) is 0. The molecule has 1 heteroatoms. The SMILES string of the molecule is CCCCCCCCCO[C@H](CC)CCCCCC. The van der Waals surface area contributed by atoms with E-state index in [2.05, 4.69) is 20.8 Å². The third kappa shape index (κ3) is 14.2. The second-order valence-electron chi connectivity index (χ2n) is 5.87. The minimum Gasteiger partial charge on any atom is -0.378 e. The fraction of sp³-hybridized carbons (Fsp3) is 1.00. The van der Waals surface area contributed by atoms with Crippen LogP contribution in [0.5, 0.6) is 0 Å². The summed E-state index contributed by atoms with van der Waals surface area (Å²) in [4.78, 5) is 0. The van der Waals surface area contributed by atoms with Crippen LogP contribution in [0.25, 0.3) is 0 Å². The van der Waals surface area contributed by atoms with E-state index < -0.39 is 0 Å². The summed E-state index contributed by atoms with van der Waals surface area (Å²) in [5, 5.41) is 0. The van der Waals surface area contributed by atoms with Crippen LogP contribution in [0.2, 0.25) is 0 Å². The van der Waals surface area contributed by atoms with Gasteiger partial charge in [0.1, 0.15) is 0 Å². The van der Waals surface area contributed by atoms with Crippen LogP contribution in [-0.2, 0) is 4.74 Å². The van der Waals surface area contributed by atoms with Crippen LogP contribution in [0, 0.1) is 0 Å². The third-order valence-electron chi connectivity index (χ3n) is 3.94. The Hall–Kier alpha value is -0.0400. The zero-order valence-electron chi connectivity index (χ0n) is 13.9. The van der Waals surface area contributed by atoms with Gasteiger partial charge in [-0.05, 0) is 19.3 Å². The largest absolute Gasteiger partial charge is 0.378 e. The number of ether oxygens (including phenoxy) is 1. The van der Waals surface area contributed by atoms with Gasteiger partial charge in [0, 0.05) is 6.61 Å². The lowest BCUT2D eigenvalue weighted by Gasteiger charge is -2.16. The van der Waals surface area contributed by atoms with Crippen molar-refractivity contribution >= 4 is 0 Å². The molecule has 1 nitrogen and oxygen atoms in total. The third-order valence-corrected chi connectivity index (χ3v) is 3.94.